The fourth-order valence-corrected chi connectivity index (χ4v) is 5.50. The quantitative estimate of drug-likeness (QED) is 0.0941. The molecule has 8 heteroatoms. The van der Waals surface area contributed by atoms with Crippen LogP contribution in [0.1, 0.15) is 39.6 Å². The Morgan fingerprint density at radius 1 is 0.804 bits per heavy atom. The Morgan fingerprint density at radius 3 is 2.28 bits per heavy atom. The number of ether oxygens (including phenoxy) is 3. The summed E-state index contributed by atoms with van der Waals surface area (Å²) < 4.78 is 23.1. The lowest BCUT2D eigenvalue weighted by atomic mass is 9.95. The van der Waals surface area contributed by atoms with Gasteiger partial charge in [-0.1, -0.05) is 66.2 Å². The molecule has 0 radical (unpaired) electrons. The highest BCUT2D eigenvalue weighted by Gasteiger charge is 2.46. The number of hydrogen-bond donors (Lipinski definition) is 1. The van der Waals surface area contributed by atoms with Crippen molar-refractivity contribution in [3.8, 4) is 17.2 Å². The summed E-state index contributed by atoms with van der Waals surface area (Å²) in [6, 6.07) is 32.3. The summed E-state index contributed by atoms with van der Waals surface area (Å²) in [7, 11) is 1.52. The number of aryl methyl sites for hydroxylation is 1. The van der Waals surface area contributed by atoms with Crippen molar-refractivity contribution in [1.82, 2.24) is 4.90 Å². The predicted octanol–water partition coefficient (Wildman–Crippen LogP) is 7.38. The summed E-state index contributed by atoms with van der Waals surface area (Å²) in [6.45, 7) is 2.77. The molecule has 2 heterocycles. The van der Waals surface area contributed by atoms with Crippen molar-refractivity contribution in [3.05, 3.63) is 155 Å². The highest BCUT2D eigenvalue weighted by molar-refractivity contribution is 6.46. The van der Waals surface area contributed by atoms with Crippen molar-refractivity contribution in [2.45, 2.75) is 32.7 Å². The van der Waals surface area contributed by atoms with Gasteiger partial charge in [0.15, 0.2) is 11.5 Å². The van der Waals surface area contributed by atoms with Crippen molar-refractivity contribution >= 4 is 17.4 Å². The Hall–Kier alpha value is -5.76. The fourth-order valence-electron chi connectivity index (χ4n) is 5.50. The third-order valence-corrected chi connectivity index (χ3v) is 7.80. The molecule has 1 amide bonds. The van der Waals surface area contributed by atoms with Crippen LogP contribution in [-0.2, 0) is 29.3 Å². The Morgan fingerprint density at radius 2 is 1.57 bits per heavy atom. The van der Waals surface area contributed by atoms with Crippen molar-refractivity contribution < 1.29 is 33.3 Å². The van der Waals surface area contributed by atoms with Gasteiger partial charge in [-0.3, -0.25) is 9.59 Å². The van der Waals surface area contributed by atoms with E-state index in [2.05, 4.69) is 6.07 Å². The van der Waals surface area contributed by atoms with E-state index < -0.39 is 17.7 Å². The molecule has 0 saturated carbocycles. The number of carbonyl (C=O) groups is 2. The molecule has 0 spiro atoms. The molecule has 1 saturated heterocycles. The van der Waals surface area contributed by atoms with Gasteiger partial charge in [0, 0.05) is 5.56 Å². The average molecular weight is 616 g/mol. The number of methoxy groups -OCH3 is 1. The van der Waals surface area contributed by atoms with Crippen molar-refractivity contribution in [2.24, 2.45) is 0 Å². The van der Waals surface area contributed by atoms with Gasteiger partial charge in [0.1, 0.15) is 30.5 Å². The van der Waals surface area contributed by atoms with Gasteiger partial charge < -0.3 is 28.6 Å². The SMILES string of the molecule is COc1cc(C2C(=C(O)c3ccc(OCc4cccc(C)c4)cc3)C(=O)C(=O)N2Cc2ccco2)ccc1OCc1ccccc1. The average Bonchev–Trinajstić information content (AvgIpc) is 3.69. The van der Waals surface area contributed by atoms with Crippen LogP contribution < -0.4 is 14.2 Å². The minimum Gasteiger partial charge on any atom is -0.507 e. The highest BCUT2D eigenvalue weighted by atomic mass is 16.5. The van der Waals surface area contributed by atoms with E-state index >= 15 is 0 Å². The molecule has 232 valence electrons. The first kappa shape index (κ1) is 30.3. The molecule has 1 aliphatic rings. The summed E-state index contributed by atoms with van der Waals surface area (Å²) >= 11 is 0. The number of aliphatic hydroxyl groups excluding tert-OH is 1. The van der Waals surface area contributed by atoms with E-state index in [-0.39, 0.29) is 17.9 Å². The van der Waals surface area contributed by atoms with Crippen LogP contribution in [0.15, 0.2) is 125 Å². The molecule has 1 aromatic heterocycles. The van der Waals surface area contributed by atoms with E-state index in [1.807, 2.05) is 55.5 Å². The topological polar surface area (TPSA) is 98.4 Å². The number of benzene rings is 4. The zero-order valence-electron chi connectivity index (χ0n) is 25.5. The van der Waals surface area contributed by atoms with Gasteiger partial charge in [0.25, 0.3) is 11.7 Å². The Bertz CT molecular complexity index is 1860. The standard InChI is InChI=1S/C38H33NO7/c1-25-8-6-11-27(20-25)24-45-30-16-13-28(14-17-30)36(40)34-35(39(38(42)37(34)41)22-31-12-7-19-44-31)29-15-18-32(33(21-29)43-2)46-23-26-9-4-3-5-10-26/h3-21,35,40H,22-24H2,1-2H3. The molecule has 0 bridgehead atoms. The van der Waals surface area contributed by atoms with Crippen molar-refractivity contribution in [2.75, 3.05) is 7.11 Å². The Kier molecular flexibility index (Phi) is 8.87. The van der Waals surface area contributed by atoms with E-state index in [0.29, 0.717) is 47.3 Å². The summed E-state index contributed by atoms with van der Waals surface area (Å²) in [5.74, 6) is 0.187. The normalized spacial score (nSPS) is 15.6. The third kappa shape index (κ3) is 6.51. The number of carbonyl (C=O) groups excluding carboxylic acids is 2. The van der Waals surface area contributed by atoms with Crippen molar-refractivity contribution in [3.63, 3.8) is 0 Å². The lowest BCUT2D eigenvalue weighted by Gasteiger charge is -2.25. The maximum Gasteiger partial charge on any atom is 0.296 e. The molecule has 1 N–H and O–H groups in total. The number of rotatable bonds is 11. The minimum atomic E-state index is -0.917. The second-order valence-corrected chi connectivity index (χ2v) is 11.0. The van der Waals surface area contributed by atoms with Crippen LogP contribution in [0, 0.1) is 6.92 Å². The van der Waals surface area contributed by atoms with Crippen LogP contribution >= 0.6 is 0 Å². The number of likely N-dealkylation sites (tertiary alicyclic amines) is 1. The monoisotopic (exact) mass is 615 g/mol. The molecule has 4 aromatic carbocycles. The van der Waals surface area contributed by atoms with Gasteiger partial charge in [-0.15, -0.1) is 0 Å². The molecule has 0 aliphatic carbocycles. The maximum atomic E-state index is 13.6. The fraction of sp³-hybridized carbons (Fsp3) is 0.158. The van der Waals surface area contributed by atoms with E-state index in [0.717, 1.165) is 16.7 Å². The lowest BCUT2D eigenvalue weighted by molar-refractivity contribution is -0.140. The summed E-state index contributed by atoms with van der Waals surface area (Å²) in [5.41, 5.74) is 4.08. The van der Waals surface area contributed by atoms with Crippen LogP contribution in [0.3, 0.4) is 0 Å². The number of amides is 1. The summed E-state index contributed by atoms with van der Waals surface area (Å²) in [5, 5.41) is 11.6. The first-order valence-electron chi connectivity index (χ1n) is 14.9. The van der Waals surface area contributed by atoms with E-state index in [4.69, 9.17) is 18.6 Å². The number of nitrogens with zero attached hydrogens (tertiary/aromatic N) is 1. The molecule has 1 fully saturated rings. The Labute approximate surface area is 267 Å². The predicted molar refractivity (Wildman–Crippen MR) is 172 cm³/mol. The van der Waals surface area contributed by atoms with Gasteiger partial charge in [-0.25, -0.2) is 0 Å². The first-order chi connectivity index (χ1) is 22.4. The summed E-state index contributed by atoms with van der Waals surface area (Å²) in [6.07, 6.45) is 1.51. The molecular formula is C38H33NO7. The van der Waals surface area contributed by atoms with Crippen LogP contribution in [-0.4, -0.2) is 28.8 Å². The molecule has 8 nitrogen and oxygen atoms in total. The number of hydrogen-bond acceptors (Lipinski definition) is 7. The number of Topliss-reactive ketones (excluding diaryl/α,β-unsaturated/α-hetero) is 1. The number of ketones is 1. The molecule has 46 heavy (non-hydrogen) atoms. The maximum absolute atomic E-state index is 13.6. The summed E-state index contributed by atoms with van der Waals surface area (Å²) in [4.78, 5) is 28.4. The number of furan rings is 1. The molecule has 1 unspecified atom stereocenters. The van der Waals surface area contributed by atoms with Crippen LogP contribution in [0.2, 0.25) is 0 Å². The van der Waals surface area contributed by atoms with Gasteiger partial charge >= 0.3 is 0 Å². The van der Waals surface area contributed by atoms with Gasteiger partial charge in [-0.05, 0) is 72.1 Å². The number of aliphatic hydroxyl groups is 1. The van der Waals surface area contributed by atoms with E-state index in [1.165, 1.54) is 18.3 Å². The molecule has 6 rings (SSSR count). The van der Waals surface area contributed by atoms with Crippen LogP contribution in [0.25, 0.3) is 5.76 Å². The highest BCUT2D eigenvalue weighted by Crippen LogP contribution is 2.43. The Balaban J connectivity index is 1.32. The molecule has 5 aromatic rings. The zero-order valence-corrected chi connectivity index (χ0v) is 25.5. The van der Waals surface area contributed by atoms with Gasteiger partial charge in [0.2, 0.25) is 0 Å². The van der Waals surface area contributed by atoms with Crippen LogP contribution in [0.4, 0.5) is 0 Å². The molecule has 1 atom stereocenters. The second kappa shape index (κ2) is 13.5. The smallest absolute Gasteiger partial charge is 0.296 e. The van der Waals surface area contributed by atoms with E-state index in [9.17, 15) is 14.7 Å². The minimum absolute atomic E-state index is 0.0271. The largest absolute Gasteiger partial charge is 0.507 e. The van der Waals surface area contributed by atoms with E-state index in [1.54, 1.807) is 54.6 Å². The molecular weight excluding hydrogens is 582 g/mol. The van der Waals surface area contributed by atoms with Gasteiger partial charge in [0.05, 0.1) is 31.5 Å². The van der Waals surface area contributed by atoms with Crippen molar-refractivity contribution in [1.29, 1.82) is 0 Å². The lowest BCUT2D eigenvalue weighted by Crippen LogP contribution is -2.29. The van der Waals surface area contributed by atoms with Gasteiger partial charge in [-0.2, -0.15) is 0 Å². The second-order valence-electron chi connectivity index (χ2n) is 11.0. The third-order valence-electron chi connectivity index (χ3n) is 7.80. The first-order valence-corrected chi connectivity index (χ1v) is 14.9. The molecule has 1 aliphatic heterocycles. The zero-order chi connectivity index (χ0) is 32.0. The van der Waals surface area contributed by atoms with Crippen LogP contribution in [0.5, 0.6) is 17.2 Å².